The second-order valence-electron chi connectivity index (χ2n) is 2.28. The Labute approximate surface area is 115 Å². The maximum Gasteiger partial charge on any atom is 0.0645 e. The number of benzene rings is 1. The highest BCUT2D eigenvalue weighted by atomic mass is 79.9. The molecule has 2 nitrogen and oxygen atoms in total. The van der Waals surface area contributed by atoms with Crippen molar-refractivity contribution in [2.24, 2.45) is 0 Å². The molecule has 0 radical (unpaired) electrons. The molecular formula is C11H15BrN2. The van der Waals surface area contributed by atoms with E-state index in [0.717, 1.165) is 0 Å². The van der Waals surface area contributed by atoms with Crippen LogP contribution in [-0.4, -0.2) is 37.9 Å². The first kappa shape index (κ1) is 2.41. The standard InChI is InChI=1S/C11H15BrN2/c1-13-6-8-14(9-7-13)11-5-3-2-4-10(11)12/h2-5H,6-9H2,1H3/i1D3,2D,3D,4D,5D,6D2,7D2,8D2,9D2. The van der Waals surface area contributed by atoms with Crippen LogP contribution in [0.1, 0.15) is 20.6 Å². The van der Waals surface area contributed by atoms with E-state index in [-0.39, 0.29) is 4.90 Å². The van der Waals surface area contributed by atoms with Crippen molar-refractivity contribution in [1.29, 1.82) is 0 Å². The van der Waals surface area contributed by atoms with Crippen LogP contribution in [-0.2, 0) is 0 Å². The summed E-state index contributed by atoms with van der Waals surface area (Å²) in [6, 6.07) is -3.32. The van der Waals surface area contributed by atoms with Crippen LogP contribution in [0.4, 0.5) is 5.69 Å². The Morgan fingerprint density at radius 2 is 2.07 bits per heavy atom. The molecular weight excluding hydrogens is 240 g/mol. The van der Waals surface area contributed by atoms with Gasteiger partial charge in [0.1, 0.15) is 0 Å². The van der Waals surface area contributed by atoms with E-state index in [0.29, 0.717) is 0 Å². The highest BCUT2D eigenvalue weighted by Gasteiger charge is 2.15. The maximum atomic E-state index is 8.20. The summed E-state index contributed by atoms with van der Waals surface area (Å²) < 4.78 is 118. The van der Waals surface area contributed by atoms with E-state index in [9.17, 15) is 0 Å². The third-order valence-corrected chi connectivity index (χ3v) is 1.97. The van der Waals surface area contributed by atoms with Gasteiger partial charge in [-0.15, -0.1) is 0 Å². The summed E-state index contributed by atoms with van der Waals surface area (Å²) in [4.78, 5) is -0.618. The van der Waals surface area contributed by atoms with Crippen molar-refractivity contribution in [1.82, 2.24) is 4.90 Å². The monoisotopic (exact) mass is 269 g/mol. The van der Waals surface area contributed by atoms with Gasteiger partial charge in [0.15, 0.2) is 0 Å². The minimum absolute atomic E-state index is 0.107. The van der Waals surface area contributed by atoms with Gasteiger partial charge in [-0.1, -0.05) is 12.1 Å². The molecule has 1 fully saturated rings. The normalized spacial score (nSPS) is 49.5. The number of hydrogen-bond donors (Lipinski definition) is 0. The average molecular weight is 270 g/mol. The summed E-state index contributed by atoms with van der Waals surface area (Å²) in [7, 11) is 0. The van der Waals surface area contributed by atoms with Crippen LogP contribution < -0.4 is 4.90 Å². The van der Waals surface area contributed by atoms with Gasteiger partial charge in [-0.25, -0.2) is 0 Å². The van der Waals surface area contributed by atoms with Crippen LogP contribution in [0.25, 0.3) is 0 Å². The van der Waals surface area contributed by atoms with Crippen LogP contribution in [0.5, 0.6) is 0 Å². The second kappa shape index (κ2) is 4.32. The Hall–Kier alpha value is -0.540. The lowest BCUT2D eigenvalue weighted by Crippen LogP contribution is -2.44. The minimum atomic E-state index is -3.65. The largest absolute Gasteiger partial charge is 0.368 e. The summed E-state index contributed by atoms with van der Waals surface area (Å²) in [5, 5.41) is 0. The second-order valence-corrected chi connectivity index (χ2v) is 3.07. The maximum absolute atomic E-state index is 8.20. The van der Waals surface area contributed by atoms with Crippen LogP contribution in [0.3, 0.4) is 0 Å². The van der Waals surface area contributed by atoms with Crippen molar-refractivity contribution in [2.75, 3.05) is 37.9 Å². The van der Waals surface area contributed by atoms with E-state index < -0.39 is 72.2 Å². The van der Waals surface area contributed by atoms with Gasteiger partial charge >= 0.3 is 0 Å². The molecule has 1 saturated heterocycles. The molecule has 0 atom stereocenters. The molecule has 3 heteroatoms. The third kappa shape index (κ3) is 2.10. The van der Waals surface area contributed by atoms with Gasteiger partial charge in [0.25, 0.3) is 0 Å². The molecule has 1 aliphatic heterocycles. The zero-order valence-corrected chi connectivity index (χ0v) is 8.36. The van der Waals surface area contributed by atoms with Crippen LogP contribution in [0.15, 0.2) is 28.6 Å². The molecule has 0 bridgehead atoms. The molecule has 1 aliphatic rings. The molecule has 0 unspecified atom stereocenters. The van der Waals surface area contributed by atoms with Crippen LogP contribution in [0, 0.1) is 0 Å². The predicted octanol–water partition coefficient (Wildman–Crippen LogP) is 2.20. The quantitative estimate of drug-likeness (QED) is 0.772. The zero-order valence-electron chi connectivity index (χ0n) is 21.8. The number of anilines is 1. The SMILES string of the molecule is [2H]c1c([2H])c([2H])c(N2C([2H])([2H])C([2H])([2H])N(C([2H])([2H])[2H])C([2H])([2H])C2([2H])[2H])c(Br)c1[2H]. The molecule has 0 saturated carbocycles. The van der Waals surface area contributed by atoms with E-state index in [4.69, 9.17) is 20.6 Å². The van der Waals surface area contributed by atoms with Crippen molar-refractivity contribution in [3.05, 3.63) is 28.6 Å². The van der Waals surface area contributed by atoms with Gasteiger partial charge in [-0.3, -0.25) is 0 Å². The van der Waals surface area contributed by atoms with E-state index in [1.165, 1.54) is 0 Å². The molecule has 76 valence electrons. The number of rotatable bonds is 1. The molecule has 0 aliphatic carbocycles. The predicted molar refractivity (Wildman–Crippen MR) is 63.9 cm³/mol. The van der Waals surface area contributed by atoms with Gasteiger partial charge < -0.3 is 9.80 Å². The molecule has 0 amide bonds. The van der Waals surface area contributed by atoms with E-state index in [1.54, 1.807) is 0 Å². The van der Waals surface area contributed by atoms with E-state index in [2.05, 4.69) is 15.9 Å². The smallest absolute Gasteiger partial charge is 0.0645 e. The molecule has 1 aromatic rings. The third-order valence-electron chi connectivity index (χ3n) is 1.39. The lowest BCUT2D eigenvalue weighted by Gasteiger charge is -2.34. The number of para-hydroxylation sites is 1. The fraction of sp³-hybridized carbons (Fsp3) is 0.455. The van der Waals surface area contributed by atoms with Gasteiger partial charge in [0.2, 0.25) is 0 Å². The van der Waals surface area contributed by atoms with Crippen LogP contribution in [0.2, 0.25) is 0 Å². The zero-order chi connectivity index (χ0) is 23.1. The van der Waals surface area contributed by atoms with Crippen molar-refractivity contribution < 1.29 is 20.6 Å². The van der Waals surface area contributed by atoms with Crippen molar-refractivity contribution in [3.8, 4) is 0 Å². The Bertz CT molecular complexity index is 791. The summed E-state index contributed by atoms with van der Waals surface area (Å²) in [5.41, 5.74) is -0.885. The van der Waals surface area contributed by atoms with Crippen molar-refractivity contribution in [3.63, 3.8) is 0 Å². The number of halogens is 1. The lowest BCUT2D eigenvalue weighted by atomic mass is 10.2. The van der Waals surface area contributed by atoms with E-state index in [1.807, 2.05) is 0 Å². The van der Waals surface area contributed by atoms with E-state index >= 15 is 0 Å². The summed E-state index contributed by atoms with van der Waals surface area (Å²) in [6.07, 6.45) is 0. The summed E-state index contributed by atoms with van der Waals surface area (Å²) in [5.74, 6) is 0. The molecule has 1 aromatic carbocycles. The first-order chi connectivity index (χ1) is 12.7. The fourth-order valence-electron chi connectivity index (χ4n) is 0.812. The highest BCUT2D eigenvalue weighted by molar-refractivity contribution is 9.10. The molecule has 0 aromatic heterocycles. The Morgan fingerprint density at radius 3 is 2.79 bits per heavy atom. The molecule has 0 spiro atoms. The Morgan fingerprint density at radius 1 is 1.36 bits per heavy atom. The van der Waals surface area contributed by atoms with Crippen LogP contribution >= 0.6 is 15.9 Å². The number of nitrogens with zero attached hydrogens (tertiary/aromatic N) is 2. The topological polar surface area (TPSA) is 6.48 Å². The fourth-order valence-corrected chi connectivity index (χ4v) is 1.19. The molecule has 14 heavy (non-hydrogen) atoms. The Balaban J connectivity index is 2.99. The average Bonchev–Trinajstić information content (AvgIpc) is 2.51. The number of piperazine rings is 1. The lowest BCUT2D eigenvalue weighted by molar-refractivity contribution is 0.312. The van der Waals surface area contributed by atoms with Gasteiger partial charge in [0.05, 0.1) is 16.7 Å². The Kier molecular flexibility index (Phi) is 0.743. The molecule has 0 N–H and O–H groups in total. The van der Waals surface area contributed by atoms with Crippen molar-refractivity contribution >= 4 is 21.6 Å². The first-order valence-electron chi connectivity index (χ1n) is 11.0. The highest BCUT2D eigenvalue weighted by Crippen LogP contribution is 2.26. The molecule has 1 heterocycles. The summed E-state index contributed by atoms with van der Waals surface area (Å²) in [6.45, 7) is -18.0. The minimum Gasteiger partial charge on any atom is -0.368 e. The first-order valence-corrected chi connectivity index (χ1v) is 4.32. The van der Waals surface area contributed by atoms with Gasteiger partial charge in [-0.05, 0) is 35.0 Å². The van der Waals surface area contributed by atoms with Gasteiger partial charge in [0, 0.05) is 40.1 Å². The number of hydrogen-bond acceptors (Lipinski definition) is 2. The summed E-state index contributed by atoms with van der Waals surface area (Å²) >= 11 is 2.83. The number of likely N-dealkylation sites (N-methyl/N-ethyl adjacent to an activating group) is 1. The van der Waals surface area contributed by atoms with Crippen molar-refractivity contribution in [2.45, 2.75) is 0 Å². The van der Waals surface area contributed by atoms with Gasteiger partial charge in [-0.2, -0.15) is 0 Å². The molecule has 2 rings (SSSR count).